The summed E-state index contributed by atoms with van der Waals surface area (Å²) in [7, 11) is 0. The number of hydrogen-bond donors (Lipinski definition) is 2. The lowest BCUT2D eigenvalue weighted by molar-refractivity contribution is 0.0462. The molecule has 2 aromatic rings. The number of nitrogen functional groups attached to an aromatic ring is 2. The van der Waals surface area contributed by atoms with Crippen LogP contribution in [-0.2, 0) is 11.3 Å². The molecular formula is C13H15N5O2. The van der Waals surface area contributed by atoms with Crippen molar-refractivity contribution in [3.05, 3.63) is 40.7 Å². The molecule has 0 amide bonds. The number of aryl methyl sites for hydroxylation is 2. The number of rotatable bonds is 3. The minimum Gasteiger partial charge on any atom is -0.454 e. The second-order valence-corrected chi connectivity index (χ2v) is 4.42. The van der Waals surface area contributed by atoms with Crippen molar-refractivity contribution in [2.75, 3.05) is 11.5 Å². The van der Waals surface area contributed by atoms with E-state index in [1.165, 1.54) is 0 Å². The van der Waals surface area contributed by atoms with E-state index in [4.69, 9.17) is 16.2 Å². The number of esters is 1. The molecular weight excluding hydrogens is 258 g/mol. The highest BCUT2D eigenvalue weighted by molar-refractivity contribution is 5.89. The summed E-state index contributed by atoms with van der Waals surface area (Å²) in [4.78, 5) is 23.2. The van der Waals surface area contributed by atoms with E-state index in [2.05, 4.69) is 15.0 Å². The van der Waals surface area contributed by atoms with Gasteiger partial charge in [0.05, 0.1) is 5.56 Å². The topological polar surface area (TPSA) is 117 Å². The highest BCUT2D eigenvalue weighted by Gasteiger charge is 2.10. The first-order chi connectivity index (χ1) is 9.44. The van der Waals surface area contributed by atoms with Crippen molar-refractivity contribution in [1.82, 2.24) is 15.0 Å². The van der Waals surface area contributed by atoms with E-state index in [9.17, 15) is 4.79 Å². The van der Waals surface area contributed by atoms with Crippen LogP contribution in [0.3, 0.4) is 0 Å². The van der Waals surface area contributed by atoms with E-state index >= 15 is 0 Å². The van der Waals surface area contributed by atoms with E-state index in [1.54, 1.807) is 12.1 Å². The zero-order chi connectivity index (χ0) is 14.7. The Hall–Kier alpha value is -2.70. The number of nitrogens with zero attached hydrogens (tertiary/aromatic N) is 3. The highest BCUT2D eigenvalue weighted by Crippen LogP contribution is 2.11. The van der Waals surface area contributed by atoms with Crippen LogP contribution in [0.1, 0.15) is 27.3 Å². The lowest BCUT2D eigenvalue weighted by Crippen LogP contribution is -2.11. The lowest BCUT2D eigenvalue weighted by Gasteiger charge is -2.06. The number of nitrogens with two attached hydrogens (primary N) is 2. The summed E-state index contributed by atoms with van der Waals surface area (Å²) >= 11 is 0. The van der Waals surface area contributed by atoms with Crippen LogP contribution in [0.4, 0.5) is 11.9 Å². The number of hydrogen-bond acceptors (Lipinski definition) is 7. The summed E-state index contributed by atoms with van der Waals surface area (Å²) in [5.74, 6) is -0.244. The van der Waals surface area contributed by atoms with Crippen LogP contribution >= 0.6 is 0 Å². The molecule has 0 spiro atoms. The monoisotopic (exact) mass is 273 g/mol. The molecule has 0 atom stereocenters. The van der Waals surface area contributed by atoms with Gasteiger partial charge in [-0.05, 0) is 26.0 Å². The number of benzene rings is 1. The Labute approximate surface area is 116 Å². The van der Waals surface area contributed by atoms with Gasteiger partial charge < -0.3 is 16.2 Å². The average molecular weight is 273 g/mol. The fourth-order valence-corrected chi connectivity index (χ4v) is 1.83. The molecule has 0 aliphatic heterocycles. The predicted molar refractivity (Wildman–Crippen MR) is 73.7 cm³/mol. The molecule has 0 saturated heterocycles. The number of ether oxygens (including phenoxy) is 1. The van der Waals surface area contributed by atoms with Gasteiger partial charge in [0, 0.05) is 0 Å². The Bertz CT molecular complexity index is 617. The summed E-state index contributed by atoms with van der Waals surface area (Å²) in [5, 5.41) is 0. The quantitative estimate of drug-likeness (QED) is 0.801. The first-order valence-corrected chi connectivity index (χ1v) is 5.95. The SMILES string of the molecule is Cc1cc(C)cc(C(=O)OCc2nc(N)nc(N)n2)c1. The molecule has 1 aromatic heterocycles. The molecule has 7 nitrogen and oxygen atoms in total. The van der Waals surface area contributed by atoms with E-state index in [1.807, 2.05) is 19.9 Å². The fraction of sp³-hybridized carbons (Fsp3) is 0.231. The lowest BCUT2D eigenvalue weighted by atomic mass is 10.1. The van der Waals surface area contributed by atoms with Gasteiger partial charge in [-0.2, -0.15) is 15.0 Å². The summed E-state index contributed by atoms with van der Waals surface area (Å²) in [6.45, 7) is 3.72. The van der Waals surface area contributed by atoms with Crippen molar-refractivity contribution in [3.63, 3.8) is 0 Å². The van der Waals surface area contributed by atoms with Gasteiger partial charge in [-0.15, -0.1) is 0 Å². The third kappa shape index (κ3) is 3.41. The Morgan fingerprint density at radius 2 is 1.60 bits per heavy atom. The van der Waals surface area contributed by atoms with Gasteiger partial charge in [-0.25, -0.2) is 4.79 Å². The zero-order valence-corrected chi connectivity index (χ0v) is 11.3. The first-order valence-electron chi connectivity index (χ1n) is 5.95. The molecule has 0 aliphatic carbocycles. The Kier molecular flexibility index (Phi) is 3.79. The smallest absolute Gasteiger partial charge is 0.338 e. The summed E-state index contributed by atoms with van der Waals surface area (Å²) in [6.07, 6.45) is 0. The van der Waals surface area contributed by atoms with Gasteiger partial charge in [0.15, 0.2) is 12.4 Å². The van der Waals surface area contributed by atoms with Crippen molar-refractivity contribution in [2.45, 2.75) is 20.5 Å². The zero-order valence-electron chi connectivity index (χ0n) is 11.3. The molecule has 0 fully saturated rings. The van der Waals surface area contributed by atoms with Gasteiger partial charge in [0.2, 0.25) is 11.9 Å². The average Bonchev–Trinajstić information content (AvgIpc) is 2.33. The largest absolute Gasteiger partial charge is 0.454 e. The second-order valence-electron chi connectivity index (χ2n) is 4.42. The van der Waals surface area contributed by atoms with E-state index in [0.29, 0.717) is 5.56 Å². The Morgan fingerprint density at radius 3 is 2.15 bits per heavy atom. The van der Waals surface area contributed by atoms with Crippen molar-refractivity contribution in [3.8, 4) is 0 Å². The molecule has 0 saturated carbocycles. The Morgan fingerprint density at radius 1 is 1.05 bits per heavy atom. The molecule has 20 heavy (non-hydrogen) atoms. The molecule has 0 unspecified atom stereocenters. The van der Waals surface area contributed by atoms with Gasteiger partial charge in [-0.1, -0.05) is 17.2 Å². The minimum absolute atomic E-state index is 0.00468. The standard InChI is InChI=1S/C13H15N5O2/c1-7-3-8(2)5-9(4-7)11(19)20-6-10-16-12(14)18-13(15)17-10/h3-5H,6H2,1-2H3,(H4,14,15,16,17,18). The minimum atomic E-state index is -0.450. The van der Waals surface area contributed by atoms with Crippen molar-refractivity contribution >= 4 is 17.9 Å². The van der Waals surface area contributed by atoms with Gasteiger partial charge in [-0.3, -0.25) is 0 Å². The third-order valence-corrected chi connectivity index (χ3v) is 2.51. The molecule has 1 heterocycles. The molecule has 4 N–H and O–H groups in total. The maximum atomic E-state index is 11.9. The van der Waals surface area contributed by atoms with Crippen LogP contribution in [0.25, 0.3) is 0 Å². The van der Waals surface area contributed by atoms with Crippen LogP contribution in [0.2, 0.25) is 0 Å². The summed E-state index contributed by atoms with van der Waals surface area (Å²) in [5.41, 5.74) is 13.3. The fourth-order valence-electron chi connectivity index (χ4n) is 1.83. The number of carbonyl (C=O) groups is 1. The summed E-state index contributed by atoms with van der Waals surface area (Å²) in [6, 6.07) is 5.49. The van der Waals surface area contributed by atoms with Crippen LogP contribution in [0.5, 0.6) is 0 Å². The van der Waals surface area contributed by atoms with Crippen molar-refractivity contribution in [2.24, 2.45) is 0 Å². The van der Waals surface area contributed by atoms with Crippen LogP contribution in [0.15, 0.2) is 18.2 Å². The van der Waals surface area contributed by atoms with Crippen molar-refractivity contribution in [1.29, 1.82) is 0 Å². The van der Waals surface area contributed by atoms with Crippen molar-refractivity contribution < 1.29 is 9.53 Å². The maximum Gasteiger partial charge on any atom is 0.338 e. The molecule has 2 rings (SSSR count). The third-order valence-electron chi connectivity index (χ3n) is 2.51. The van der Waals surface area contributed by atoms with E-state index in [0.717, 1.165) is 11.1 Å². The van der Waals surface area contributed by atoms with Gasteiger partial charge in [0.1, 0.15) is 0 Å². The molecule has 104 valence electrons. The van der Waals surface area contributed by atoms with E-state index < -0.39 is 5.97 Å². The molecule has 0 aliphatic rings. The molecule has 7 heteroatoms. The van der Waals surface area contributed by atoms with Crippen LogP contribution < -0.4 is 11.5 Å². The van der Waals surface area contributed by atoms with Crippen LogP contribution in [-0.4, -0.2) is 20.9 Å². The Balaban J connectivity index is 2.08. The highest BCUT2D eigenvalue weighted by atomic mass is 16.5. The maximum absolute atomic E-state index is 11.9. The number of aromatic nitrogens is 3. The van der Waals surface area contributed by atoms with Gasteiger partial charge >= 0.3 is 5.97 Å². The van der Waals surface area contributed by atoms with Gasteiger partial charge in [0.25, 0.3) is 0 Å². The first kappa shape index (κ1) is 13.7. The van der Waals surface area contributed by atoms with Crippen LogP contribution in [0, 0.1) is 13.8 Å². The molecule has 1 aromatic carbocycles. The molecule has 0 radical (unpaired) electrons. The molecule has 0 bridgehead atoms. The normalized spacial score (nSPS) is 10.3. The van der Waals surface area contributed by atoms with E-state index in [-0.39, 0.29) is 24.3 Å². The predicted octanol–water partition coefficient (Wildman–Crippen LogP) is 1.01. The summed E-state index contributed by atoms with van der Waals surface area (Å²) < 4.78 is 5.13. The number of anilines is 2. The second kappa shape index (κ2) is 5.52. The number of carbonyl (C=O) groups excluding carboxylic acids is 1.